The van der Waals surface area contributed by atoms with E-state index >= 15 is 0 Å². The number of carbonyl (C=O) groups is 1. The number of halogens is 1. The molecule has 146 valence electrons. The highest BCUT2D eigenvalue weighted by atomic mass is 79.9. The number of fused-ring (bicyclic) bond motifs is 1. The monoisotopic (exact) mass is 473 g/mol. The van der Waals surface area contributed by atoms with Gasteiger partial charge in [0.25, 0.3) is 11.6 Å². The summed E-state index contributed by atoms with van der Waals surface area (Å²) in [5, 5.41) is 26.0. The number of nitro benzene ring substituents is 1. The van der Waals surface area contributed by atoms with E-state index in [0.717, 1.165) is 5.04 Å². The smallest absolute Gasteiger partial charge is 0.283 e. The molecule has 2 aliphatic rings. The summed E-state index contributed by atoms with van der Waals surface area (Å²) in [6.07, 6.45) is 2.13. The predicted molar refractivity (Wildman–Crippen MR) is 114 cm³/mol. The Hall–Kier alpha value is -3.05. The number of furan rings is 1. The van der Waals surface area contributed by atoms with E-state index in [-0.39, 0.29) is 17.1 Å². The van der Waals surface area contributed by atoms with Crippen LogP contribution in [0.3, 0.4) is 0 Å². The molecule has 4 rings (SSSR count). The Kier molecular flexibility index (Phi) is 4.92. The number of nitro groups is 1. The number of non-ortho nitro benzene ring substituents is 1. The molecule has 29 heavy (non-hydrogen) atoms. The zero-order chi connectivity index (χ0) is 20.7. The van der Waals surface area contributed by atoms with E-state index in [4.69, 9.17) is 9.83 Å². The second-order valence-electron chi connectivity index (χ2n) is 5.99. The molecule has 2 aromatic rings. The molecular formula is C18H12BrN5O4S. The third-order valence-electron chi connectivity index (χ3n) is 4.14. The normalized spacial score (nSPS) is 17.4. The molecule has 2 aliphatic heterocycles. The van der Waals surface area contributed by atoms with Crippen molar-refractivity contribution in [3.05, 3.63) is 56.3 Å². The van der Waals surface area contributed by atoms with E-state index in [1.165, 1.54) is 35.0 Å². The summed E-state index contributed by atoms with van der Waals surface area (Å²) in [4.78, 5) is 26.8. The number of benzene rings is 1. The van der Waals surface area contributed by atoms with Crippen LogP contribution < -0.4 is 0 Å². The number of amidine groups is 2. The minimum atomic E-state index is -0.532. The molecule has 3 heterocycles. The Bertz CT molecular complexity index is 1170. The first-order valence-corrected chi connectivity index (χ1v) is 10.0. The number of amides is 1. The topological polar surface area (TPSA) is 125 Å². The zero-order valence-electron chi connectivity index (χ0n) is 14.9. The molecule has 11 heteroatoms. The molecule has 0 saturated heterocycles. The Morgan fingerprint density at radius 3 is 2.86 bits per heavy atom. The highest BCUT2D eigenvalue weighted by Gasteiger charge is 2.35. The molecule has 0 unspecified atom stereocenters. The van der Waals surface area contributed by atoms with Crippen molar-refractivity contribution in [2.75, 3.05) is 0 Å². The maximum atomic E-state index is 12.4. The lowest BCUT2D eigenvalue weighted by molar-refractivity contribution is -0.384. The SMILES string of the molecule is CCC1=NN2C(=N)/C(=C/c3ccc(-c4ccc([N+](=O)[O-])cc4Br)o3)C(=O)N=C2S1. The molecule has 1 amide bonds. The summed E-state index contributed by atoms with van der Waals surface area (Å²) in [5.74, 6) is 0.213. The van der Waals surface area contributed by atoms with Crippen LogP contribution in [0.2, 0.25) is 0 Å². The van der Waals surface area contributed by atoms with Gasteiger partial charge >= 0.3 is 0 Å². The number of rotatable bonds is 4. The largest absolute Gasteiger partial charge is 0.457 e. The van der Waals surface area contributed by atoms with Gasteiger partial charge in [-0.15, -0.1) is 0 Å². The van der Waals surface area contributed by atoms with Gasteiger partial charge in [0.1, 0.15) is 16.6 Å². The highest BCUT2D eigenvalue weighted by Crippen LogP contribution is 2.34. The van der Waals surface area contributed by atoms with Gasteiger partial charge in [-0.05, 0) is 58.4 Å². The van der Waals surface area contributed by atoms with E-state index < -0.39 is 10.8 Å². The minimum absolute atomic E-state index is 0.0417. The number of nitrogens with zero attached hydrogens (tertiary/aromatic N) is 4. The fourth-order valence-corrected chi connectivity index (χ4v) is 4.10. The van der Waals surface area contributed by atoms with Crippen LogP contribution in [0.25, 0.3) is 17.4 Å². The van der Waals surface area contributed by atoms with Crippen LogP contribution >= 0.6 is 27.7 Å². The van der Waals surface area contributed by atoms with Gasteiger partial charge in [-0.2, -0.15) is 15.1 Å². The third kappa shape index (κ3) is 3.54. The average molecular weight is 474 g/mol. The van der Waals surface area contributed by atoms with Gasteiger partial charge in [-0.3, -0.25) is 20.3 Å². The number of thioether (sulfide) groups is 1. The van der Waals surface area contributed by atoms with Crippen LogP contribution in [-0.4, -0.2) is 31.9 Å². The van der Waals surface area contributed by atoms with Crippen molar-refractivity contribution >= 4 is 61.4 Å². The predicted octanol–water partition coefficient (Wildman–Crippen LogP) is 4.65. The van der Waals surface area contributed by atoms with Crippen LogP contribution in [0.5, 0.6) is 0 Å². The van der Waals surface area contributed by atoms with Gasteiger partial charge in [0, 0.05) is 22.2 Å². The van der Waals surface area contributed by atoms with Gasteiger partial charge in [-0.1, -0.05) is 6.92 Å². The molecule has 9 nitrogen and oxygen atoms in total. The molecule has 0 atom stereocenters. The fraction of sp³-hybridized carbons (Fsp3) is 0.111. The lowest BCUT2D eigenvalue weighted by Crippen LogP contribution is -2.35. The first kappa shape index (κ1) is 19.3. The second kappa shape index (κ2) is 7.41. The first-order chi connectivity index (χ1) is 13.9. The minimum Gasteiger partial charge on any atom is -0.457 e. The average Bonchev–Trinajstić information content (AvgIpc) is 3.31. The Labute approximate surface area is 177 Å². The third-order valence-corrected chi connectivity index (χ3v) is 5.85. The summed E-state index contributed by atoms with van der Waals surface area (Å²) in [6.45, 7) is 1.94. The van der Waals surface area contributed by atoms with Crippen LogP contribution in [0.4, 0.5) is 5.69 Å². The van der Waals surface area contributed by atoms with Crippen molar-refractivity contribution in [3.8, 4) is 11.3 Å². The van der Waals surface area contributed by atoms with Crippen molar-refractivity contribution in [3.63, 3.8) is 0 Å². The quantitative estimate of drug-likeness (QED) is 0.391. The van der Waals surface area contributed by atoms with Gasteiger partial charge in [0.15, 0.2) is 5.84 Å². The highest BCUT2D eigenvalue weighted by molar-refractivity contribution is 9.10. The van der Waals surface area contributed by atoms with Crippen molar-refractivity contribution in [1.82, 2.24) is 5.01 Å². The molecule has 0 radical (unpaired) electrons. The number of hydrogen-bond acceptors (Lipinski definition) is 7. The lowest BCUT2D eigenvalue weighted by atomic mass is 10.1. The molecule has 1 aromatic heterocycles. The number of hydrogen-bond donors (Lipinski definition) is 1. The molecule has 1 aromatic carbocycles. The van der Waals surface area contributed by atoms with E-state index in [2.05, 4.69) is 26.0 Å². The molecule has 0 spiro atoms. The first-order valence-electron chi connectivity index (χ1n) is 8.40. The van der Waals surface area contributed by atoms with Crippen LogP contribution in [0.1, 0.15) is 19.1 Å². The van der Waals surface area contributed by atoms with Crippen LogP contribution in [0, 0.1) is 15.5 Å². The Morgan fingerprint density at radius 1 is 1.38 bits per heavy atom. The molecule has 0 saturated carbocycles. The standard InChI is InChI=1S/C18H12BrN5O4S/c1-2-15-22-23-16(20)12(17(25)21-18(23)29-15)8-10-4-6-14(28-10)11-5-3-9(24(26)27)7-13(11)19/h3-8,20H,2H2,1H3/b12-8-,20-16?. The van der Waals surface area contributed by atoms with E-state index in [1.807, 2.05) is 6.92 Å². The number of hydrazone groups is 1. The zero-order valence-corrected chi connectivity index (χ0v) is 17.3. The molecule has 1 N–H and O–H groups in total. The second-order valence-corrected chi connectivity index (χ2v) is 7.89. The fourth-order valence-electron chi connectivity index (χ4n) is 2.71. The maximum absolute atomic E-state index is 12.4. The molecule has 0 fully saturated rings. The van der Waals surface area contributed by atoms with Crippen molar-refractivity contribution in [1.29, 1.82) is 5.41 Å². The van der Waals surface area contributed by atoms with Gasteiger partial charge in [0.2, 0.25) is 5.17 Å². The van der Waals surface area contributed by atoms with Crippen LogP contribution in [0.15, 0.2) is 54.9 Å². The van der Waals surface area contributed by atoms with Crippen molar-refractivity contribution in [2.45, 2.75) is 13.3 Å². The summed E-state index contributed by atoms with van der Waals surface area (Å²) in [5.41, 5.74) is 0.651. The van der Waals surface area contributed by atoms with Crippen molar-refractivity contribution < 1.29 is 14.1 Å². The number of nitrogens with one attached hydrogen (secondary N) is 1. The van der Waals surface area contributed by atoms with Gasteiger partial charge < -0.3 is 4.42 Å². The van der Waals surface area contributed by atoms with E-state index in [0.29, 0.717) is 33.1 Å². The summed E-state index contributed by atoms with van der Waals surface area (Å²) in [7, 11) is 0. The van der Waals surface area contributed by atoms with Gasteiger partial charge in [-0.25, -0.2) is 0 Å². The summed E-state index contributed by atoms with van der Waals surface area (Å²) >= 11 is 4.59. The maximum Gasteiger partial charge on any atom is 0.283 e. The summed E-state index contributed by atoms with van der Waals surface area (Å²) < 4.78 is 6.28. The van der Waals surface area contributed by atoms with E-state index in [9.17, 15) is 14.9 Å². The number of carbonyl (C=O) groups excluding carboxylic acids is 1. The summed E-state index contributed by atoms with van der Waals surface area (Å²) in [6, 6.07) is 7.68. The Balaban J connectivity index is 1.65. The molecule has 0 aliphatic carbocycles. The lowest BCUT2D eigenvalue weighted by Gasteiger charge is -2.19. The Morgan fingerprint density at radius 2 is 2.17 bits per heavy atom. The number of aliphatic imine (C=N–C) groups is 1. The van der Waals surface area contributed by atoms with E-state index in [1.54, 1.807) is 18.2 Å². The molecular weight excluding hydrogens is 462 g/mol. The van der Waals surface area contributed by atoms with Crippen LogP contribution in [-0.2, 0) is 4.79 Å². The van der Waals surface area contributed by atoms with Crippen molar-refractivity contribution in [2.24, 2.45) is 10.1 Å². The van der Waals surface area contributed by atoms with Gasteiger partial charge in [0.05, 0.1) is 10.5 Å². The molecule has 0 bridgehead atoms.